The maximum absolute atomic E-state index is 12.5. The van der Waals surface area contributed by atoms with Crippen molar-refractivity contribution in [1.29, 1.82) is 0 Å². The largest absolute Gasteiger partial charge is 0.335 e. The molecule has 1 saturated carbocycles. The summed E-state index contributed by atoms with van der Waals surface area (Å²) in [6.45, 7) is 4.06. The molecule has 30 heavy (non-hydrogen) atoms. The number of nitrogens with zero attached hydrogens (tertiary/aromatic N) is 1. The van der Waals surface area contributed by atoms with Crippen molar-refractivity contribution in [3.05, 3.63) is 24.3 Å². The predicted octanol–water partition coefficient (Wildman–Crippen LogP) is 3.07. The lowest BCUT2D eigenvalue weighted by Gasteiger charge is -2.29. The molecule has 1 atom stereocenters. The fourth-order valence-corrected chi connectivity index (χ4v) is 4.57. The second-order valence-electron chi connectivity index (χ2n) is 8.61. The number of hydrogen-bond acceptors (Lipinski definition) is 4. The highest BCUT2D eigenvalue weighted by atomic mass is 35.5. The quantitative estimate of drug-likeness (QED) is 0.559. The Labute approximate surface area is 190 Å². The van der Waals surface area contributed by atoms with Crippen LogP contribution in [0.5, 0.6) is 0 Å². The smallest absolute Gasteiger partial charge is 0.319 e. The number of piperidine rings is 2. The Kier molecular flexibility index (Phi) is 8.79. The Hall–Kier alpha value is -1.54. The van der Waals surface area contributed by atoms with Gasteiger partial charge in [0.1, 0.15) is 0 Å². The molecule has 3 aliphatic rings. The van der Waals surface area contributed by atoms with Gasteiger partial charge in [-0.25, -0.2) is 4.79 Å². The molecule has 0 bridgehead atoms. The summed E-state index contributed by atoms with van der Waals surface area (Å²) in [4.78, 5) is 27.0. The van der Waals surface area contributed by atoms with Crippen LogP contribution in [0.4, 0.5) is 16.2 Å². The molecule has 3 fully saturated rings. The number of halogens is 2. The van der Waals surface area contributed by atoms with Gasteiger partial charge in [0, 0.05) is 23.3 Å². The summed E-state index contributed by atoms with van der Waals surface area (Å²) in [7, 11) is 2.10. The minimum absolute atomic E-state index is 0. The van der Waals surface area contributed by atoms with Crippen molar-refractivity contribution in [2.24, 2.45) is 11.3 Å². The van der Waals surface area contributed by atoms with Crippen LogP contribution in [0.2, 0.25) is 0 Å². The second kappa shape index (κ2) is 10.7. The van der Waals surface area contributed by atoms with Crippen molar-refractivity contribution in [3.63, 3.8) is 0 Å². The molecule has 1 aromatic rings. The topological polar surface area (TPSA) is 85.5 Å². The van der Waals surface area contributed by atoms with Gasteiger partial charge in [-0.05, 0) is 95.0 Å². The van der Waals surface area contributed by atoms with Crippen LogP contribution in [-0.2, 0) is 4.79 Å². The number of amides is 3. The van der Waals surface area contributed by atoms with Crippen LogP contribution in [0.3, 0.4) is 0 Å². The summed E-state index contributed by atoms with van der Waals surface area (Å²) in [5.41, 5.74) is 1.75. The zero-order valence-electron chi connectivity index (χ0n) is 17.4. The zero-order chi connectivity index (χ0) is 19.6. The fourth-order valence-electron chi connectivity index (χ4n) is 4.57. The van der Waals surface area contributed by atoms with Crippen LogP contribution in [0.15, 0.2) is 24.3 Å². The molecule has 3 amide bonds. The van der Waals surface area contributed by atoms with E-state index in [1.807, 2.05) is 24.3 Å². The molecule has 1 aliphatic carbocycles. The molecule has 1 aromatic carbocycles. The van der Waals surface area contributed by atoms with Crippen LogP contribution in [0, 0.1) is 11.3 Å². The summed E-state index contributed by atoms with van der Waals surface area (Å²) < 4.78 is 0. The molecule has 2 heterocycles. The summed E-state index contributed by atoms with van der Waals surface area (Å²) in [6, 6.07) is 7.42. The summed E-state index contributed by atoms with van der Waals surface area (Å²) in [6.07, 6.45) is 5.17. The van der Waals surface area contributed by atoms with Crippen LogP contribution < -0.4 is 21.3 Å². The lowest BCUT2D eigenvalue weighted by Crippen LogP contribution is -2.44. The molecule has 1 unspecified atom stereocenters. The SMILES string of the molecule is CN1CCC(NC(=O)Nc2ccc(NC(=O)C3CC34CCNCC4)cc2)CC1.Cl.Cl. The van der Waals surface area contributed by atoms with E-state index in [0.29, 0.717) is 0 Å². The third-order valence-corrected chi connectivity index (χ3v) is 6.57. The van der Waals surface area contributed by atoms with Crippen LogP contribution >= 0.6 is 24.8 Å². The van der Waals surface area contributed by atoms with Crippen molar-refractivity contribution in [1.82, 2.24) is 15.5 Å². The van der Waals surface area contributed by atoms with E-state index in [4.69, 9.17) is 0 Å². The first-order valence-electron chi connectivity index (χ1n) is 10.4. The minimum Gasteiger partial charge on any atom is -0.335 e. The van der Waals surface area contributed by atoms with E-state index in [0.717, 1.165) is 69.7 Å². The number of carbonyl (C=O) groups excluding carboxylic acids is 2. The number of hydrogen-bond donors (Lipinski definition) is 4. The van der Waals surface area contributed by atoms with E-state index in [-0.39, 0.29) is 54.1 Å². The van der Waals surface area contributed by atoms with Crippen LogP contribution in [-0.4, -0.2) is 56.1 Å². The van der Waals surface area contributed by atoms with Crippen molar-refractivity contribution in [2.75, 3.05) is 43.9 Å². The van der Waals surface area contributed by atoms with Gasteiger partial charge in [-0.2, -0.15) is 0 Å². The third-order valence-electron chi connectivity index (χ3n) is 6.57. The molecule has 168 valence electrons. The van der Waals surface area contributed by atoms with E-state index in [1.54, 1.807) is 0 Å². The Balaban J connectivity index is 0.00000160. The van der Waals surface area contributed by atoms with Crippen molar-refractivity contribution < 1.29 is 9.59 Å². The second-order valence-corrected chi connectivity index (χ2v) is 8.61. The minimum atomic E-state index is -0.169. The lowest BCUT2D eigenvalue weighted by molar-refractivity contribution is -0.118. The first-order chi connectivity index (χ1) is 13.5. The van der Waals surface area contributed by atoms with Gasteiger partial charge in [0.25, 0.3) is 0 Å². The van der Waals surface area contributed by atoms with Crippen LogP contribution in [0.1, 0.15) is 32.1 Å². The molecular formula is C21H33Cl2N5O2. The molecular weight excluding hydrogens is 425 g/mol. The number of rotatable bonds is 4. The molecule has 0 radical (unpaired) electrons. The number of nitrogens with one attached hydrogen (secondary N) is 4. The van der Waals surface area contributed by atoms with Gasteiger partial charge in [0.15, 0.2) is 0 Å². The van der Waals surface area contributed by atoms with E-state index in [1.165, 1.54) is 0 Å². The van der Waals surface area contributed by atoms with Gasteiger partial charge in [0.05, 0.1) is 0 Å². The van der Waals surface area contributed by atoms with Gasteiger partial charge in [-0.15, -0.1) is 24.8 Å². The summed E-state index contributed by atoms with van der Waals surface area (Å²) in [5.74, 6) is 0.273. The molecule has 0 aromatic heterocycles. The van der Waals surface area contributed by atoms with E-state index >= 15 is 0 Å². The Morgan fingerprint density at radius 3 is 2.17 bits per heavy atom. The molecule has 4 rings (SSSR count). The molecule has 4 N–H and O–H groups in total. The van der Waals surface area contributed by atoms with Crippen molar-refractivity contribution >= 4 is 48.1 Å². The van der Waals surface area contributed by atoms with Gasteiger partial charge in [-0.3, -0.25) is 4.79 Å². The van der Waals surface area contributed by atoms with Gasteiger partial charge >= 0.3 is 6.03 Å². The first-order valence-corrected chi connectivity index (χ1v) is 10.4. The average molecular weight is 458 g/mol. The van der Waals surface area contributed by atoms with Crippen molar-refractivity contribution in [3.8, 4) is 0 Å². The monoisotopic (exact) mass is 457 g/mol. The zero-order valence-corrected chi connectivity index (χ0v) is 19.0. The highest BCUT2D eigenvalue weighted by Gasteiger charge is 2.57. The number of likely N-dealkylation sites (tertiary alicyclic amines) is 1. The molecule has 7 nitrogen and oxygen atoms in total. The highest BCUT2D eigenvalue weighted by Crippen LogP contribution is 2.58. The van der Waals surface area contributed by atoms with E-state index in [2.05, 4.69) is 33.2 Å². The summed E-state index contributed by atoms with van der Waals surface area (Å²) in [5, 5.41) is 12.3. The highest BCUT2D eigenvalue weighted by molar-refractivity contribution is 5.95. The third kappa shape index (κ3) is 6.00. The van der Waals surface area contributed by atoms with Gasteiger partial charge in [-0.1, -0.05) is 0 Å². The Morgan fingerprint density at radius 2 is 1.57 bits per heavy atom. The van der Waals surface area contributed by atoms with Crippen LogP contribution in [0.25, 0.3) is 0 Å². The number of carbonyl (C=O) groups is 2. The first kappa shape index (κ1) is 24.7. The standard InChI is InChI=1S/C21H31N5O2.2ClH/c1-26-12-6-17(7-13-26)25-20(28)24-16-4-2-15(3-5-16)23-19(27)18-14-21(18)8-10-22-11-9-21;;/h2-5,17-18,22H,6-14H2,1H3,(H,23,27)(H2,24,25,28);2*1H. The predicted molar refractivity (Wildman–Crippen MR) is 125 cm³/mol. The Morgan fingerprint density at radius 1 is 1.00 bits per heavy atom. The lowest BCUT2D eigenvalue weighted by atomic mass is 9.92. The van der Waals surface area contributed by atoms with Gasteiger partial charge in [0.2, 0.25) is 5.91 Å². The molecule has 2 aliphatic heterocycles. The maximum Gasteiger partial charge on any atom is 0.319 e. The van der Waals surface area contributed by atoms with E-state index < -0.39 is 0 Å². The van der Waals surface area contributed by atoms with Crippen molar-refractivity contribution in [2.45, 2.75) is 38.1 Å². The summed E-state index contributed by atoms with van der Waals surface area (Å²) >= 11 is 0. The normalized spacial score (nSPS) is 22.9. The average Bonchev–Trinajstić information content (AvgIpc) is 3.39. The maximum atomic E-state index is 12.5. The van der Waals surface area contributed by atoms with Gasteiger partial charge < -0.3 is 26.2 Å². The van der Waals surface area contributed by atoms with E-state index in [9.17, 15) is 9.59 Å². The number of benzene rings is 1. The molecule has 2 saturated heterocycles. The number of anilines is 2. The molecule has 9 heteroatoms. The number of urea groups is 1. The molecule has 1 spiro atoms. The Bertz CT molecular complexity index is 717. The fraction of sp³-hybridized carbons (Fsp3) is 0.619.